The van der Waals surface area contributed by atoms with Gasteiger partial charge in [-0.25, -0.2) is 4.39 Å². The molecule has 0 radical (unpaired) electrons. The second kappa shape index (κ2) is 6.15. The third kappa shape index (κ3) is 3.13. The van der Waals surface area contributed by atoms with Gasteiger partial charge in [-0.05, 0) is 23.6 Å². The summed E-state index contributed by atoms with van der Waals surface area (Å²) in [6.45, 7) is 5.42. The van der Waals surface area contributed by atoms with Crippen molar-refractivity contribution < 1.29 is 9.18 Å². The monoisotopic (exact) mass is 264 g/mol. The number of halogens is 1. The smallest absolute Gasteiger partial charge is 0.238 e. The molecule has 0 spiro atoms. The summed E-state index contributed by atoms with van der Waals surface area (Å²) in [4.78, 5) is 13.9. The Bertz CT molecular complexity index is 428. The van der Waals surface area contributed by atoms with Crippen LogP contribution in [0.3, 0.4) is 0 Å². The molecule has 1 amide bonds. The van der Waals surface area contributed by atoms with Crippen LogP contribution in [0.2, 0.25) is 0 Å². The van der Waals surface area contributed by atoms with Gasteiger partial charge in [0.05, 0.1) is 6.54 Å². The normalized spacial score (nSPS) is 19.5. The molecule has 0 aromatic heterocycles. The molecule has 3 nitrogen and oxygen atoms in total. The Hall–Kier alpha value is -1.42. The van der Waals surface area contributed by atoms with E-state index < -0.39 is 0 Å². The predicted octanol–water partition coefficient (Wildman–Crippen LogP) is 2.69. The van der Waals surface area contributed by atoms with E-state index in [1.165, 1.54) is 12.1 Å². The fourth-order valence-electron chi connectivity index (χ4n) is 2.51. The van der Waals surface area contributed by atoms with E-state index in [2.05, 4.69) is 19.2 Å². The van der Waals surface area contributed by atoms with Crippen molar-refractivity contribution in [2.45, 2.75) is 32.9 Å². The van der Waals surface area contributed by atoms with E-state index in [4.69, 9.17) is 0 Å². The molecule has 1 saturated heterocycles. The van der Waals surface area contributed by atoms with Gasteiger partial charge in [-0.2, -0.15) is 0 Å². The van der Waals surface area contributed by atoms with Crippen LogP contribution < -0.4 is 5.32 Å². The van der Waals surface area contributed by atoms with Crippen LogP contribution >= 0.6 is 0 Å². The van der Waals surface area contributed by atoms with Crippen molar-refractivity contribution in [3.05, 3.63) is 35.6 Å². The zero-order valence-corrected chi connectivity index (χ0v) is 11.5. The Labute approximate surface area is 113 Å². The number of rotatable bonds is 5. The van der Waals surface area contributed by atoms with Crippen molar-refractivity contribution in [2.24, 2.45) is 5.92 Å². The molecule has 1 atom stereocenters. The number of carbonyl (C=O) groups excluding carboxylic acids is 1. The maximum atomic E-state index is 13.0. The fourth-order valence-corrected chi connectivity index (χ4v) is 2.51. The van der Waals surface area contributed by atoms with Crippen molar-refractivity contribution in [3.8, 4) is 0 Å². The highest BCUT2D eigenvalue weighted by Gasteiger charge is 2.32. The number of nitrogens with one attached hydrogen (secondary N) is 1. The molecule has 19 heavy (non-hydrogen) atoms. The van der Waals surface area contributed by atoms with E-state index in [9.17, 15) is 9.18 Å². The van der Waals surface area contributed by atoms with Crippen LogP contribution in [0.5, 0.6) is 0 Å². The average Bonchev–Trinajstić information content (AvgIpc) is 2.78. The summed E-state index contributed by atoms with van der Waals surface area (Å²) in [6, 6.07) is 6.36. The van der Waals surface area contributed by atoms with E-state index in [-0.39, 0.29) is 17.9 Å². The Kier molecular flexibility index (Phi) is 4.53. The molecule has 1 fully saturated rings. The van der Waals surface area contributed by atoms with Gasteiger partial charge in [0.25, 0.3) is 0 Å². The minimum absolute atomic E-state index is 0.117. The largest absolute Gasteiger partial charge is 0.322 e. The Morgan fingerprint density at radius 1 is 1.32 bits per heavy atom. The van der Waals surface area contributed by atoms with Gasteiger partial charge in [0.2, 0.25) is 5.91 Å². The van der Waals surface area contributed by atoms with Crippen LogP contribution in [-0.4, -0.2) is 23.9 Å². The number of hydrogen-bond acceptors (Lipinski definition) is 2. The lowest BCUT2D eigenvalue weighted by Crippen LogP contribution is -2.34. The molecule has 1 aliphatic rings. The third-order valence-corrected chi connectivity index (χ3v) is 3.87. The standard InChI is InChI=1S/C15H21FN2O/c1-3-11(4-2)10-18-14(19)9-17-15(18)12-5-7-13(16)8-6-12/h5-8,11,15,17H,3-4,9-10H2,1-2H3. The molecule has 0 aliphatic carbocycles. The van der Waals surface area contributed by atoms with Gasteiger partial charge in [-0.3, -0.25) is 10.1 Å². The summed E-state index contributed by atoms with van der Waals surface area (Å²) in [5, 5.41) is 3.20. The van der Waals surface area contributed by atoms with Gasteiger partial charge >= 0.3 is 0 Å². The summed E-state index contributed by atoms with van der Waals surface area (Å²) in [6.07, 6.45) is 2.01. The van der Waals surface area contributed by atoms with Crippen molar-refractivity contribution >= 4 is 5.91 Å². The highest BCUT2D eigenvalue weighted by molar-refractivity contribution is 5.80. The molecule has 1 aromatic rings. The number of carbonyl (C=O) groups is 1. The molecule has 104 valence electrons. The lowest BCUT2D eigenvalue weighted by Gasteiger charge is -2.28. The van der Waals surface area contributed by atoms with Crippen molar-refractivity contribution in [3.63, 3.8) is 0 Å². The molecular weight excluding hydrogens is 243 g/mol. The first-order chi connectivity index (χ1) is 9.15. The summed E-state index contributed by atoms with van der Waals surface area (Å²) in [5.41, 5.74) is 0.943. The van der Waals surface area contributed by atoms with Gasteiger partial charge in [-0.15, -0.1) is 0 Å². The highest BCUT2D eigenvalue weighted by atomic mass is 19.1. The van der Waals surface area contributed by atoms with Crippen LogP contribution in [0.4, 0.5) is 4.39 Å². The molecule has 1 N–H and O–H groups in total. The van der Waals surface area contributed by atoms with Gasteiger partial charge in [0.1, 0.15) is 12.0 Å². The number of amides is 1. The summed E-state index contributed by atoms with van der Waals surface area (Å²) < 4.78 is 13.0. The lowest BCUT2D eigenvalue weighted by molar-refractivity contribution is -0.128. The summed E-state index contributed by atoms with van der Waals surface area (Å²) in [7, 11) is 0. The van der Waals surface area contributed by atoms with E-state index in [0.717, 1.165) is 24.9 Å². The number of hydrogen-bond donors (Lipinski definition) is 1. The van der Waals surface area contributed by atoms with Gasteiger partial charge in [0, 0.05) is 6.54 Å². The van der Waals surface area contributed by atoms with E-state index >= 15 is 0 Å². The zero-order chi connectivity index (χ0) is 13.8. The molecular formula is C15H21FN2O. The molecule has 2 rings (SSSR count). The molecule has 1 aromatic carbocycles. The topological polar surface area (TPSA) is 32.3 Å². The first-order valence-electron chi connectivity index (χ1n) is 6.94. The summed E-state index contributed by atoms with van der Waals surface area (Å²) in [5.74, 6) is 0.396. The quantitative estimate of drug-likeness (QED) is 0.887. The van der Waals surface area contributed by atoms with Crippen LogP contribution in [0.15, 0.2) is 24.3 Å². The molecule has 1 aliphatic heterocycles. The first kappa shape index (κ1) is 14.0. The van der Waals surface area contributed by atoms with Crippen LogP contribution in [0, 0.1) is 11.7 Å². The second-order valence-corrected chi connectivity index (χ2v) is 5.06. The predicted molar refractivity (Wildman–Crippen MR) is 72.9 cm³/mol. The van der Waals surface area contributed by atoms with Crippen molar-refractivity contribution in [2.75, 3.05) is 13.1 Å². The SMILES string of the molecule is CCC(CC)CN1C(=O)CNC1c1ccc(F)cc1. The second-order valence-electron chi connectivity index (χ2n) is 5.06. The number of nitrogens with zero attached hydrogens (tertiary/aromatic N) is 1. The van der Waals surface area contributed by atoms with E-state index in [1.807, 2.05) is 4.90 Å². The van der Waals surface area contributed by atoms with Gasteiger partial charge in [0.15, 0.2) is 0 Å². The summed E-state index contributed by atoms with van der Waals surface area (Å²) >= 11 is 0. The van der Waals surface area contributed by atoms with Crippen LogP contribution in [-0.2, 0) is 4.79 Å². The minimum Gasteiger partial charge on any atom is -0.322 e. The molecule has 1 heterocycles. The van der Waals surface area contributed by atoms with Crippen LogP contribution in [0.1, 0.15) is 38.4 Å². The Balaban J connectivity index is 2.14. The highest BCUT2D eigenvalue weighted by Crippen LogP contribution is 2.25. The molecule has 4 heteroatoms. The maximum absolute atomic E-state index is 13.0. The maximum Gasteiger partial charge on any atom is 0.238 e. The molecule has 1 unspecified atom stereocenters. The van der Waals surface area contributed by atoms with Gasteiger partial charge in [-0.1, -0.05) is 38.8 Å². The Morgan fingerprint density at radius 2 is 1.95 bits per heavy atom. The fraction of sp³-hybridized carbons (Fsp3) is 0.533. The molecule has 0 saturated carbocycles. The average molecular weight is 264 g/mol. The lowest BCUT2D eigenvalue weighted by atomic mass is 10.0. The van der Waals surface area contributed by atoms with Gasteiger partial charge < -0.3 is 4.90 Å². The minimum atomic E-state index is -0.250. The van der Waals surface area contributed by atoms with Crippen LogP contribution in [0.25, 0.3) is 0 Å². The Morgan fingerprint density at radius 3 is 2.53 bits per heavy atom. The van der Waals surface area contributed by atoms with Crippen molar-refractivity contribution in [1.82, 2.24) is 10.2 Å². The van der Waals surface area contributed by atoms with E-state index in [1.54, 1.807) is 12.1 Å². The number of benzene rings is 1. The molecule has 0 bridgehead atoms. The van der Waals surface area contributed by atoms with Crippen molar-refractivity contribution in [1.29, 1.82) is 0 Å². The third-order valence-electron chi connectivity index (χ3n) is 3.87. The zero-order valence-electron chi connectivity index (χ0n) is 11.5. The van der Waals surface area contributed by atoms with E-state index in [0.29, 0.717) is 12.5 Å². The first-order valence-corrected chi connectivity index (χ1v) is 6.94.